The van der Waals surface area contributed by atoms with Gasteiger partial charge < -0.3 is 21.1 Å². The number of hydrogen-bond acceptors (Lipinski definition) is 5. The minimum Gasteiger partial charge on any atom is -0.497 e. The third-order valence-corrected chi connectivity index (χ3v) is 4.30. The maximum absolute atomic E-state index is 5.90. The molecule has 0 radical (unpaired) electrons. The molecule has 0 amide bonds. The minimum absolute atomic E-state index is 0. The number of nitrogens with zero attached hydrogens (tertiary/aromatic N) is 2. The topological polar surface area (TPSA) is 84.6 Å². The summed E-state index contributed by atoms with van der Waals surface area (Å²) >= 11 is 1.63. The predicted molar refractivity (Wildman–Crippen MR) is 117 cm³/mol. The number of halogens is 1. The van der Waals surface area contributed by atoms with Crippen molar-refractivity contribution in [1.82, 2.24) is 4.98 Å². The number of nitrogens with one attached hydrogen (secondary N) is 2. The lowest BCUT2D eigenvalue weighted by Gasteiger charge is -2.07. The van der Waals surface area contributed by atoms with Crippen molar-refractivity contribution in [2.75, 3.05) is 30.8 Å². The summed E-state index contributed by atoms with van der Waals surface area (Å²) in [4.78, 5) is 8.82. The Hall–Kier alpha value is -2.07. The first-order chi connectivity index (χ1) is 11.7. The number of aromatic nitrogens is 1. The molecule has 3 aromatic rings. The zero-order chi connectivity index (χ0) is 16.8. The molecular formula is C17H20IN5OS. The van der Waals surface area contributed by atoms with Gasteiger partial charge in [0.25, 0.3) is 0 Å². The van der Waals surface area contributed by atoms with E-state index in [1.54, 1.807) is 18.4 Å². The van der Waals surface area contributed by atoms with Gasteiger partial charge in [-0.15, -0.1) is 24.0 Å². The van der Waals surface area contributed by atoms with E-state index in [1.807, 2.05) is 42.5 Å². The summed E-state index contributed by atoms with van der Waals surface area (Å²) in [6, 6.07) is 15.6. The molecule has 0 spiro atoms. The van der Waals surface area contributed by atoms with Crippen molar-refractivity contribution in [1.29, 1.82) is 0 Å². The highest BCUT2D eigenvalue weighted by Gasteiger charge is 2.02. The molecule has 132 valence electrons. The fraction of sp³-hybridized carbons (Fsp3) is 0.176. The molecule has 0 bridgehead atoms. The number of para-hydroxylation sites is 1. The van der Waals surface area contributed by atoms with Gasteiger partial charge in [-0.2, -0.15) is 0 Å². The molecule has 0 saturated carbocycles. The normalized spacial score (nSPS) is 11.0. The van der Waals surface area contributed by atoms with Gasteiger partial charge in [0.1, 0.15) is 5.75 Å². The Balaban J connectivity index is 0.00000225. The third-order valence-electron chi connectivity index (χ3n) is 3.31. The van der Waals surface area contributed by atoms with Crippen LogP contribution >= 0.6 is 35.3 Å². The Morgan fingerprint density at radius 1 is 1.24 bits per heavy atom. The van der Waals surface area contributed by atoms with Gasteiger partial charge in [0.15, 0.2) is 11.1 Å². The second kappa shape index (κ2) is 9.42. The summed E-state index contributed by atoms with van der Waals surface area (Å²) in [5, 5.41) is 7.21. The maximum Gasteiger partial charge on any atom is 0.193 e. The molecule has 2 aromatic carbocycles. The van der Waals surface area contributed by atoms with Gasteiger partial charge in [0.2, 0.25) is 0 Å². The number of aliphatic imine (C=N–C) groups is 1. The lowest BCUT2D eigenvalue weighted by atomic mass is 10.3. The molecule has 0 aliphatic rings. The SMILES string of the molecule is COc1cccc(NC(N)=NCCNc2nc3ccccc3s2)c1.I. The smallest absolute Gasteiger partial charge is 0.193 e. The van der Waals surface area contributed by atoms with Crippen LogP contribution in [0.15, 0.2) is 53.5 Å². The number of ether oxygens (including phenoxy) is 1. The summed E-state index contributed by atoms with van der Waals surface area (Å²) in [7, 11) is 1.63. The fourth-order valence-electron chi connectivity index (χ4n) is 2.18. The van der Waals surface area contributed by atoms with E-state index in [0.29, 0.717) is 19.0 Å². The highest BCUT2D eigenvalue weighted by Crippen LogP contribution is 2.25. The van der Waals surface area contributed by atoms with Crippen molar-refractivity contribution in [3.05, 3.63) is 48.5 Å². The highest BCUT2D eigenvalue weighted by molar-refractivity contribution is 14.0. The summed E-state index contributed by atoms with van der Waals surface area (Å²) in [5.74, 6) is 1.14. The molecule has 0 saturated heterocycles. The van der Waals surface area contributed by atoms with Gasteiger partial charge >= 0.3 is 0 Å². The zero-order valence-corrected chi connectivity index (χ0v) is 16.9. The number of guanidine groups is 1. The van der Waals surface area contributed by atoms with E-state index in [-0.39, 0.29) is 24.0 Å². The first-order valence-electron chi connectivity index (χ1n) is 7.55. The van der Waals surface area contributed by atoms with Crippen LogP contribution in [0.1, 0.15) is 0 Å². The molecule has 6 nitrogen and oxygen atoms in total. The van der Waals surface area contributed by atoms with E-state index in [9.17, 15) is 0 Å². The Morgan fingerprint density at radius 3 is 2.88 bits per heavy atom. The van der Waals surface area contributed by atoms with Crippen LogP contribution in [-0.4, -0.2) is 31.1 Å². The summed E-state index contributed by atoms with van der Waals surface area (Å²) in [6.07, 6.45) is 0. The molecular weight excluding hydrogens is 449 g/mol. The second-order valence-electron chi connectivity index (χ2n) is 5.04. The van der Waals surface area contributed by atoms with Gasteiger partial charge in [0.05, 0.1) is 23.9 Å². The average Bonchev–Trinajstić information content (AvgIpc) is 3.01. The van der Waals surface area contributed by atoms with Crippen LogP contribution < -0.4 is 21.1 Å². The van der Waals surface area contributed by atoms with E-state index in [1.165, 1.54) is 4.70 Å². The van der Waals surface area contributed by atoms with Crippen molar-refractivity contribution in [2.45, 2.75) is 0 Å². The van der Waals surface area contributed by atoms with Crippen molar-refractivity contribution < 1.29 is 4.74 Å². The maximum atomic E-state index is 5.90. The van der Waals surface area contributed by atoms with E-state index in [0.717, 1.165) is 22.1 Å². The lowest BCUT2D eigenvalue weighted by molar-refractivity contribution is 0.415. The van der Waals surface area contributed by atoms with Crippen LogP contribution in [0.5, 0.6) is 5.75 Å². The zero-order valence-electron chi connectivity index (χ0n) is 13.7. The third kappa shape index (κ3) is 5.46. The Bertz CT molecular complexity index is 819. The Labute approximate surface area is 167 Å². The van der Waals surface area contributed by atoms with Crippen molar-refractivity contribution >= 4 is 62.3 Å². The Morgan fingerprint density at radius 2 is 2.08 bits per heavy atom. The fourth-order valence-corrected chi connectivity index (χ4v) is 3.07. The number of nitrogens with two attached hydrogens (primary N) is 1. The van der Waals surface area contributed by atoms with Gasteiger partial charge in [-0.25, -0.2) is 4.98 Å². The van der Waals surface area contributed by atoms with Gasteiger partial charge in [0, 0.05) is 18.3 Å². The first kappa shape index (κ1) is 19.3. The van der Waals surface area contributed by atoms with Crippen LogP contribution in [0.3, 0.4) is 0 Å². The van der Waals surface area contributed by atoms with Gasteiger partial charge in [-0.1, -0.05) is 29.5 Å². The van der Waals surface area contributed by atoms with Gasteiger partial charge in [-0.05, 0) is 24.3 Å². The van der Waals surface area contributed by atoms with Crippen LogP contribution in [0, 0.1) is 0 Å². The molecule has 1 aromatic heterocycles. The molecule has 0 atom stereocenters. The summed E-state index contributed by atoms with van der Waals surface area (Å²) in [6.45, 7) is 1.22. The molecule has 4 N–H and O–H groups in total. The molecule has 0 unspecified atom stereocenters. The van der Waals surface area contributed by atoms with E-state index in [4.69, 9.17) is 10.5 Å². The van der Waals surface area contributed by atoms with Crippen molar-refractivity contribution in [3.63, 3.8) is 0 Å². The molecule has 0 aliphatic heterocycles. The van der Waals surface area contributed by atoms with Crippen LogP contribution in [0.4, 0.5) is 10.8 Å². The second-order valence-corrected chi connectivity index (χ2v) is 6.07. The average molecular weight is 469 g/mol. The summed E-state index contributed by atoms with van der Waals surface area (Å²) < 4.78 is 6.34. The molecule has 8 heteroatoms. The molecule has 1 heterocycles. The monoisotopic (exact) mass is 469 g/mol. The molecule has 3 rings (SSSR count). The number of fused-ring (bicyclic) bond motifs is 1. The predicted octanol–water partition coefficient (Wildman–Crippen LogP) is 3.76. The highest BCUT2D eigenvalue weighted by atomic mass is 127. The quantitative estimate of drug-likeness (QED) is 0.222. The minimum atomic E-state index is 0. The standard InChI is InChI=1S/C17H19N5OS.HI/c1-23-13-6-4-5-12(11-13)21-16(18)19-9-10-20-17-22-14-7-2-3-8-15(14)24-17;/h2-8,11H,9-10H2,1H3,(H,20,22)(H3,18,19,21);1H. The molecule has 0 fully saturated rings. The van der Waals surface area contributed by atoms with E-state index in [2.05, 4.69) is 26.7 Å². The van der Waals surface area contributed by atoms with Crippen molar-refractivity contribution in [2.24, 2.45) is 10.7 Å². The van der Waals surface area contributed by atoms with Gasteiger partial charge in [-0.3, -0.25) is 4.99 Å². The molecule has 0 aliphatic carbocycles. The number of methoxy groups -OCH3 is 1. The number of rotatable bonds is 6. The number of benzene rings is 2. The number of hydrogen-bond donors (Lipinski definition) is 3. The van der Waals surface area contributed by atoms with Crippen LogP contribution in [0.2, 0.25) is 0 Å². The number of thiazole rings is 1. The van der Waals surface area contributed by atoms with Crippen LogP contribution in [0.25, 0.3) is 10.2 Å². The first-order valence-corrected chi connectivity index (χ1v) is 8.37. The molecule has 25 heavy (non-hydrogen) atoms. The Kier molecular flexibility index (Phi) is 7.26. The lowest BCUT2D eigenvalue weighted by Crippen LogP contribution is -2.23. The van der Waals surface area contributed by atoms with E-state index < -0.39 is 0 Å². The van der Waals surface area contributed by atoms with Crippen molar-refractivity contribution in [3.8, 4) is 5.75 Å². The number of anilines is 2. The van der Waals surface area contributed by atoms with E-state index >= 15 is 0 Å². The van der Waals surface area contributed by atoms with Crippen LogP contribution in [-0.2, 0) is 0 Å². The summed E-state index contributed by atoms with van der Waals surface area (Å²) in [5.41, 5.74) is 7.74. The largest absolute Gasteiger partial charge is 0.497 e.